The molecule has 0 aromatic heterocycles. The minimum Gasteiger partial charge on any atom is -0.495 e. The van der Waals surface area contributed by atoms with Crippen molar-refractivity contribution in [3.8, 4) is 5.75 Å². The molecule has 0 amide bonds. The Balaban J connectivity index is 1.58. The van der Waals surface area contributed by atoms with Gasteiger partial charge < -0.3 is 24.8 Å². The average molecular weight is 414 g/mol. The van der Waals surface area contributed by atoms with Crippen molar-refractivity contribution in [1.29, 1.82) is 0 Å². The van der Waals surface area contributed by atoms with Gasteiger partial charge in [0, 0.05) is 51.9 Å². The van der Waals surface area contributed by atoms with E-state index in [9.17, 15) is 4.39 Å². The number of nitrogens with zero attached hydrogens (tertiary/aromatic N) is 4. The second kappa shape index (κ2) is 10.3. The number of aliphatic imine (C=N–C) groups is 1. The Labute approximate surface area is 179 Å². The quantitative estimate of drug-likeness (QED) is 0.583. The SMILES string of the molecule is CN=C(NCc1ccc(F)c(CN(C)C)c1)N1CCN(c2ccccc2OC)CC1. The maximum absolute atomic E-state index is 14.0. The number of rotatable bonds is 6. The Morgan fingerprint density at radius 1 is 1.13 bits per heavy atom. The molecule has 162 valence electrons. The van der Waals surface area contributed by atoms with Crippen LogP contribution in [0, 0.1) is 5.82 Å². The summed E-state index contributed by atoms with van der Waals surface area (Å²) < 4.78 is 19.5. The van der Waals surface area contributed by atoms with E-state index in [1.807, 2.05) is 49.3 Å². The number of halogens is 1. The average Bonchev–Trinajstić information content (AvgIpc) is 2.76. The molecule has 0 spiro atoms. The predicted octanol–water partition coefficient (Wildman–Crippen LogP) is 2.79. The van der Waals surface area contributed by atoms with E-state index in [1.165, 1.54) is 0 Å². The van der Waals surface area contributed by atoms with E-state index in [0.29, 0.717) is 18.7 Å². The molecular formula is C23H32FN5O. The van der Waals surface area contributed by atoms with Crippen LogP contribution < -0.4 is 15.0 Å². The third-order valence-corrected chi connectivity index (χ3v) is 5.26. The van der Waals surface area contributed by atoms with E-state index in [4.69, 9.17) is 4.74 Å². The molecule has 30 heavy (non-hydrogen) atoms. The molecule has 1 fully saturated rings. The highest BCUT2D eigenvalue weighted by molar-refractivity contribution is 5.80. The third kappa shape index (κ3) is 5.42. The van der Waals surface area contributed by atoms with Crippen LogP contribution in [0.5, 0.6) is 5.75 Å². The lowest BCUT2D eigenvalue weighted by Crippen LogP contribution is -2.52. The molecular weight excluding hydrogens is 381 g/mol. The molecule has 1 N–H and O–H groups in total. The molecule has 0 unspecified atom stereocenters. The molecule has 1 aliphatic heterocycles. The lowest BCUT2D eigenvalue weighted by molar-refractivity contribution is 0.367. The Hall–Kier alpha value is -2.80. The first-order valence-corrected chi connectivity index (χ1v) is 10.3. The van der Waals surface area contributed by atoms with Gasteiger partial charge in [-0.3, -0.25) is 4.99 Å². The largest absolute Gasteiger partial charge is 0.495 e. The van der Waals surface area contributed by atoms with Crippen LogP contribution in [0.4, 0.5) is 10.1 Å². The summed E-state index contributed by atoms with van der Waals surface area (Å²) in [5, 5.41) is 3.43. The van der Waals surface area contributed by atoms with E-state index in [-0.39, 0.29) is 5.82 Å². The number of guanidine groups is 1. The van der Waals surface area contributed by atoms with E-state index in [1.54, 1.807) is 20.2 Å². The zero-order chi connectivity index (χ0) is 21.5. The van der Waals surface area contributed by atoms with Crippen molar-refractivity contribution in [2.24, 2.45) is 4.99 Å². The van der Waals surface area contributed by atoms with Gasteiger partial charge in [-0.1, -0.05) is 18.2 Å². The number of ether oxygens (including phenoxy) is 1. The molecule has 6 nitrogen and oxygen atoms in total. The second-order valence-corrected chi connectivity index (χ2v) is 7.71. The van der Waals surface area contributed by atoms with Gasteiger partial charge in [-0.2, -0.15) is 0 Å². The highest BCUT2D eigenvalue weighted by Crippen LogP contribution is 2.28. The van der Waals surface area contributed by atoms with Crippen LogP contribution in [0.15, 0.2) is 47.5 Å². The van der Waals surface area contributed by atoms with Crippen LogP contribution in [0.25, 0.3) is 0 Å². The molecule has 1 aliphatic rings. The predicted molar refractivity (Wildman–Crippen MR) is 121 cm³/mol. The number of methoxy groups -OCH3 is 1. The Bertz CT molecular complexity index is 862. The smallest absolute Gasteiger partial charge is 0.194 e. The number of nitrogens with one attached hydrogen (secondary N) is 1. The van der Waals surface area contributed by atoms with Crippen molar-refractivity contribution in [2.75, 3.05) is 59.3 Å². The van der Waals surface area contributed by atoms with Gasteiger partial charge >= 0.3 is 0 Å². The van der Waals surface area contributed by atoms with Crippen LogP contribution in [0.3, 0.4) is 0 Å². The van der Waals surface area contributed by atoms with Crippen molar-refractivity contribution in [1.82, 2.24) is 15.1 Å². The molecule has 0 saturated carbocycles. The molecule has 0 radical (unpaired) electrons. The molecule has 0 atom stereocenters. The van der Waals surface area contributed by atoms with Crippen LogP contribution in [0.2, 0.25) is 0 Å². The normalized spacial score (nSPS) is 14.9. The van der Waals surface area contributed by atoms with Gasteiger partial charge in [0.25, 0.3) is 0 Å². The summed E-state index contributed by atoms with van der Waals surface area (Å²) in [6.07, 6.45) is 0. The molecule has 1 saturated heterocycles. The first kappa shape index (κ1) is 21.9. The minimum atomic E-state index is -0.163. The van der Waals surface area contributed by atoms with E-state index < -0.39 is 0 Å². The Morgan fingerprint density at radius 3 is 2.53 bits per heavy atom. The van der Waals surface area contributed by atoms with Gasteiger partial charge in [0.05, 0.1) is 12.8 Å². The topological polar surface area (TPSA) is 43.3 Å². The summed E-state index contributed by atoms with van der Waals surface area (Å²) in [6.45, 7) is 4.72. The van der Waals surface area contributed by atoms with E-state index in [0.717, 1.165) is 49.1 Å². The van der Waals surface area contributed by atoms with Gasteiger partial charge in [0.15, 0.2) is 5.96 Å². The molecule has 3 rings (SSSR count). The molecule has 7 heteroatoms. The number of anilines is 1. The summed E-state index contributed by atoms with van der Waals surface area (Å²) >= 11 is 0. The van der Waals surface area contributed by atoms with Gasteiger partial charge in [-0.25, -0.2) is 4.39 Å². The third-order valence-electron chi connectivity index (χ3n) is 5.26. The van der Waals surface area contributed by atoms with Gasteiger partial charge in [0.2, 0.25) is 0 Å². The maximum Gasteiger partial charge on any atom is 0.194 e. The first-order chi connectivity index (χ1) is 14.5. The number of hydrogen-bond donors (Lipinski definition) is 1. The first-order valence-electron chi connectivity index (χ1n) is 10.3. The molecule has 0 aliphatic carbocycles. The second-order valence-electron chi connectivity index (χ2n) is 7.71. The highest BCUT2D eigenvalue weighted by atomic mass is 19.1. The number of piperazine rings is 1. The fraction of sp³-hybridized carbons (Fsp3) is 0.435. The van der Waals surface area contributed by atoms with Crippen molar-refractivity contribution in [2.45, 2.75) is 13.1 Å². The monoisotopic (exact) mass is 413 g/mol. The summed E-state index contributed by atoms with van der Waals surface area (Å²) in [4.78, 5) is 11.0. The lowest BCUT2D eigenvalue weighted by atomic mass is 10.1. The lowest BCUT2D eigenvalue weighted by Gasteiger charge is -2.38. The maximum atomic E-state index is 14.0. The Morgan fingerprint density at radius 2 is 1.87 bits per heavy atom. The van der Waals surface area contributed by atoms with Crippen LogP contribution in [-0.4, -0.2) is 70.2 Å². The minimum absolute atomic E-state index is 0.163. The van der Waals surface area contributed by atoms with Gasteiger partial charge in [-0.05, 0) is 43.9 Å². The summed E-state index contributed by atoms with van der Waals surface area (Å²) in [6, 6.07) is 13.4. The zero-order valence-electron chi connectivity index (χ0n) is 18.4. The van der Waals surface area contributed by atoms with Crippen LogP contribution in [-0.2, 0) is 13.1 Å². The van der Waals surface area contributed by atoms with Crippen molar-refractivity contribution < 1.29 is 9.13 Å². The molecule has 2 aromatic carbocycles. The standard InChI is InChI=1S/C23H32FN5O/c1-25-23(26-16-18-9-10-20(24)19(15-18)17-27(2)3)29-13-11-28(12-14-29)21-7-5-6-8-22(21)30-4/h5-10,15H,11-14,16-17H2,1-4H3,(H,25,26). The summed E-state index contributed by atoms with van der Waals surface area (Å²) in [7, 11) is 7.39. The summed E-state index contributed by atoms with van der Waals surface area (Å²) in [5.41, 5.74) is 2.88. The number of hydrogen-bond acceptors (Lipinski definition) is 4. The van der Waals surface area contributed by atoms with Crippen molar-refractivity contribution in [3.63, 3.8) is 0 Å². The summed E-state index contributed by atoms with van der Waals surface area (Å²) in [5.74, 6) is 1.61. The Kier molecular flexibility index (Phi) is 7.52. The van der Waals surface area contributed by atoms with E-state index in [2.05, 4.69) is 26.2 Å². The van der Waals surface area contributed by atoms with Crippen molar-refractivity contribution >= 4 is 11.6 Å². The van der Waals surface area contributed by atoms with Crippen LogP contribution in [0.1, 0.15) is 11.1 Å². The fourth-order valence-electron chi connectivity index (χ4n) is 3.76. The number of benzene rings is 2. The molecule has 2 aromatic rings. The molecule has 0 bridgehead atoms. The molecule has 1 heterocycles. The van der Waals surface area contributed by atoms with Crippen molar-refractivity contribution in [3.05, 3.63) is 59.4 Å². The van der Waals surface area contributed by atoms with Crippen LogP contribution >= 0.6 is 0 Å². The number of para-hydroxylation sites is 2. The van der Waals surface area contributed by atoms with Gasteiger partial charge in [-0.15, -0.1) is 0 Å². The zero-order valence-corrected chi connectivity index (χ0v) is 18.4. The highest BCUT2D eigenvalue weighted by Gasteiger charge is 2.21. The van der Waals surface area contributed by atoms with E-state index >= 15 is 0 Å². The van der Waals surface area contributed by atoms with Gasteiger partial charge in [0.1, 0.15) is 11.6 Å². The fourth-order valence-corrected chi connectivity index (χ4v) is 3.76.